The summed E-state index contributed by atoms with van der Waals surface area (Å²) >= 11 is 0. The van der Waals surface area contributed by atoms with Gasteiger partial charge in [-0.3, -0.25) is 0 Å². The number of nitrogens with zero attached hydrogens (tertiary/aromatic N) is 1. The van der Waals surface area contributed by atoms with Crippen LogP contribution in [0.5, 0.6) is 0 Å². The maximum Gasteiger partial charge on any atom is 0.0197 e. The fourth-order valence-electron chi connectivity index (χ4n) is 3.90. The second kappa shape index (κ2) is 6.91. The number of hydrogen-bond donors (Lipinski definition) is 1. The molecule has 2 fully saturated rings. The monoisotopic (exact) mass is 252 g/mol. The molecule has 106 valence electrons. The summed E-state index contributed by atoms with van der Waals surface area (Å²) in [6.45, 7) is 7.26. The smallest absolute Gasteiger partial charge is 0.0197 e. The first-order chi connectivity index (χ1) is 8.69. The molecule has 1 aliphatic carbocycles. The highest BCUT2D eigenvalue weighted by molar-refractivity contribution is 4.83. The van der Waals surface area contributed by atoms with Crippen molar-refractivity contribution in [1.29, 1.82) is 0 Å². The summed E-state index contributed by atoms with van der Waals surface area (Å²) in [7, 11) is 2.35. The second-order valence-electron chi connectivity index (χ2n) is 6.81. The van der Waals surface area contributed by atoms with Gasteiger partial charge >= 0.3 is 0 Å². The van der Waals surface area contributed by atoms with E-state index in [4.69, 9.17) is 0 Å². The molecule has 1 saturated carbocycles. The van der Waals surface area contributed by atoms with E-state index in [1.165, 1.54) is 58.0 Å². The molecular weight excluding hydrogens is 220 g/mol. The van der Waals surface area contributed by atoms with Crippen molar-refractivity contribution in [1.82, 2.24) is 10.2 Å². The van der Waals surface area contributed by atoms with Crippen molar-refractivity contribution in [2.45, 2.75) is 70.9 Å². The van der Waals surface area contributed by atoms with E-state index >= 15 is 0 Å². The van der Waals surface area contributed by atoms with Crippen LogP contribution in [0.15, 0.2) is 0 Å². The predicted molar refractivity (Wildman–Crippen MR) is 78.9 cm³/mol. The number of piperidine rings is 1. The van der Waals surface area contributed by atoms with Crippen molar-refractivity contribution in [2.75, 3.05) is 20.1 Å². The summed E-state index contributed by atoms with van der Waals surface area (Å²) in [5, 5.41) is 3.72. The van der Waals surface area contributed by atoms with Crippen molar-refractivity contribution in [3.05, 3.63) is 0 Å². The molecule has 2 aliphatic rings. The molecule has 0 aromatic heterocycles. The van der Waals surface area contributed by atoms with E-state index in [0.29, 0.717) is 0 Å². The van der Waals surface area contributed by atoms with Crippen LogP contribution in [0.3, 0.4) is 0 Å². The van der Waals surface area contributed by atoms with E-state index in [1.807, 2.05) is 0 Å². The minimum absolute atomic E-state index is 0.742. The molecule has 18 heavy (non-hydrogen) atoms. The molecule has 1 saturated heterocycles. The van der Waals surface area contributed by atoms with Crippen molar-refractivity contribution in [3.63, 3.8) is 0 Å². The summed E-state index contributed by atoms with van der Waals surface area (Å²) in [4.78, 5) is 2.64. The van der Waals surface area contributed by atoms with Crippen molar-refractivity contribution in [2.24, 2.45) is 11.8 Å². The topological polar surface area (TPSA) is 15.3 Å². The Hall–Kier alpha value is -0.0800. The molecule has 0 radical (unpaired) electrons. The van der Waals surface area contributed by atoms with Gasteiger partial charge in [-0.15, -0.1) is 0 Å². The molecule has 1 heterocycles. The minimum atomic E-state index is 0.742. The van der Waals surface area contributed by atoms with Gasteiger partial charge in [-0.1, -0.05) is 33.1 Å². The van der Waals surface area contributed by atoms with Crippen LogP contribution in [-0.4, -0.2) is 37.1 Å². The maximum atomic E-state index is 3.72. The standard InChI is InChI=1S/C16H32N2/c1-4-14-8-9-17-15(11-14)12-18(3)16-7-5-6-13(2)10-16/h13-17H,4-12H2,1-3H3. The maximum absolute atomic E-state index is 3.72. The highest BCUT2D eigenvalue weighted by Crippen LogP contribution is 2.27. The largest absolute Gasteiger partial charge is 0.313 e. The van der Waals surface area contributed by atoms with Gasteiger partial charge in [0, 0.05) is 18.6 Å². The molecule has 0 spiro atoms. The summed E-state index contributed by atoms with van der Waals surface area (Å²) in [6.07, 6.45) is 9.86. The lowest BCUT2D eigenvalue weighted by atomic mass is 9.85. The van der Waals surface area contributed by atoms with E-state index in [0.717, 1.165) is 23.9 Å². The molecule has 1 N–H and O–H groups in total. The molecule has 4 unspecified atom stereocenters. The van der Waals surface area contributed by atoms with Crippen LogP contribution < -0.4 is 5.32 Å². The molecule has 1 aliphatic heterocycles. The van der Waals surface area contributed by atoms with Gasteiger partial charge in [0.1, 0.15) is 0 Å². The Kier molecular flexibility index (Phi) is 5.50. The molecule has 0 aromatic carbocycles. The van der Waals surface area contributed by atoms with Crippen LogP contribution in [0.25, 0.3) is 0 Å². The first kappa shape index (κ1) is 14.3. The third-order valence-corrected chi connectivity index (χ3v) is 5.22. The van der Waals surface area contributed by atoms with Crippen LogP contribution >= 0.6 is 0 Å². The molecule has 0 bridgehead atoms. The highest BCUT2D eigenvalue weighted by atomic mass is 15.2. The van der Waals surface area contributed by atoms with Gasteiger partial charge in [0.05, 0.1) is 0 Å². The molecule has 0 amide bonds. The SMILES string of the molecule is CCC1CCNC(CN(C)C2CCCC(C)C2)C1. The number of likely N-dealkylation sites (N-methyl/N-ethyl adjacent to an activating group) is 1. The Bertz CT molecular complexity index is 241. The summed E-state index contributed by atoms with van der Waals surface area (Å²) in [5.41, 5.74) is 0. The molecule has 2 heteroatoms. The fraction of sp³-hybridized carbons (Fsp3) is 1.00. The third kappa shape index (κ3) is 3.96. The molecule has 2 nitrogen and oxygen atoms in total. The Balaban J connectivity index is 1.77. The second-order valence-corrected chi connectivity index (χ2v) is 6.81. The van der Waals surface area contributed by atoms with Crippen molar-refractivity contribution < 1.29 is 0 Å². The molecular formula is C16H32N2. The van der Waals surface area contributed by atoms with Crippen LogP contribution in [0.1, 0.15) is 58.8 Å². The Morgan fingerprint density at radius 2 is 2.00 bits per heavy atom. The van der Waals surface area contributed by atoms with Crippen LogP contribution in [0.4, 0.5) is 0 Å². The van der Waals surface area contributed by atoms with E-state index in [-0.39, 0.29) is 0 Å². The van der Waals surface area contributed by atoms with Gasteiger partial charge < -0.3 is 10.2 Å². The number of hydrogen-bond acceptors (Lipinski definition) is 2. The average Bonchev–Trinajstić information content (AvgIpc) is 2.39. The van der Waals surface area contributed by atoms with E-state index in [9.17, 15) is 0 Å². The Morgan fingerprint density at radius 1 is 1.17 bits per heavy atom. The fourth-order valence-corrected chi connectivity index (χ4v) is 3.90. The van der Waals surface area contributed by atoms with Gasteiger partial charge in [0.25, 0.3) is 0 Å². The Labute approximate surface area is 114 Å². The molecule has 4 atom stereocenters. The predicted octanol–water partition coefficient (Wildman–Crippen LogP) is 3.28. The zero-order valence-corrected chi connectivity index (χ0v) is 12.6. The van der Waals surface area contributed by atoms with E-state index < -0.39 is 0 Å². The zero-order chi connectivity index (χ0) is 13.0. The van der Waals surface area contributed by atoms with Gasteiger partial charge in [-0.05, 0) is 51.1 Å². The quantitative estimate of drug-likeness (QED) is 0.826. The lowest BCUT2D eigenvalue weighted by molar-refractivity contribution is 0.136. The van der Waals surface area contributed by atoms with Gasteiger partial charge in [0.15, 0.2) is 0 Å². The summed E-state index contributed by atoms with van der Waals surface area (Å²) in [5.74, 6) is 1.91. The zero-order valence-electron chi connectivity index (χ0n) is 12.6. The van der Waals surface area contributed by atoms with Crippen LogP contribution in [0, 0.1) is 11.8 Å². The van der Waals surface area contributed by atoms with E-state index in [1.54, 1.807) is 0 Å². The van der Waals surface area contributed by atoms with Crippen molar-refractivity contribution >= 4 is 0 Å². The molecule has 2 rings (SSSR count). The summed E-state index contributed by atoms with van der Waals surface area (Å²) in [6, 6.07) is 1.59. The van der Waals surface area contributed by atoms with Gasteiger partial charge in [-0.25, -0.2) is 0 Å². The van der Waals surface area contributed by atoms with Crippen LogP contribution in [0.2, 0.25) is 0 Å². The lowest BCUT2D eigenvalue weighted by Gasteiger charge is -2.38. The summed E-state index contributed by atoms with van der Waals surface area (Å²) < 4.78 is 0. The average molecular weight is 252 g/mol. The minimum Gasteiger partial charge on any atom is -0.313 e. The normalized spacial score (nSPS) is 38.0. The van der Waals surface area contributed by atoms with E-state index in [2.05, 4.69) is 31.1 Å². The van der Waals surface area contributed by atoms with Crippen LogP contribution in [-0.2, 0) is 0 Å². The highest BCUT2D eigenvalue weighted by Gasteiger charge is 2.26. The van der Waals surface area contributed by atoms with Gasteiger partial charge in [0.2, 0.25) is 0 Å². The first-order valence-corrected chi connectivity index (χ1v) is 8.12. The molecule has 0 aromatic rings. The number of rotatable bonds is 4. The lowest BCUT2D eigenvalue weighted by Crippen LogP contribution is -2.48. The third-order valence-electron chi connectivity index (χ3n) is 5.22. The van der Waals surface area contributed by atoms with Crippen molar-refractivity contribution in [3.8, 4) is 0 Å². The Morgan fingerprint density at radius 3 is 2.72 bits per heavy atom. The number of nitrogens with one attached hydrogen (secondary N) is 1. The first-order valence-electron chi connectivity index (χ1n) is 8.12. The van der Waals surface area contributed by atoms with Gasteiger partial charge in [-0.2, -0.15) is 0 Å².